The van der Waals surface area contributed by atoms with Gasteiger partial charge in [0.05, 0.1) is 6.61 Å². The third-order valence-electron chi connectivity index (χ3n) is 3.40. The maximum absolute atomic E-state index is 12.3. The molecule has 4 nitrogen and oxygen atoms in total. The van der Waals surface area contributed by atoms with Crippen LogP contribution in [0.2, 0.25) is 0 Å². The molecule has 116 valence electrons. The Hall–Kier alpha value is -2.49. The fraction of sp³-hybridized carbons (Fsp3) is 0.278. The first-order valence-electron chi connectivity index (χ1n) is 7.50. The summed E-state index contributed by atoms with van der Waals surface area (Å²) in [6, 6.07) is 12.7. The third kappa shape index (κ3) is 4.25. The molecule has 0 atom stereocenters. The van der Waals surface area contributed by atoms with Gasteiger partial charge in [-0.3, -0.25) is 4.79 Å². The summed E-state index contributed by atoms with van der Waals surface area (Å²) in [4.78, 5) is 12.3. The number of benzene rings is 2. The van der Waals surface area contributed by atoms with Crippen LogP contribution in [0.25, 0.3) is 0 Å². The van der Waals surface area contributed by atoms with Gasteiger partial charge in [-0.25, -0.2) is 0 Å². The monoisotopic (exact) mass is 298 g/mol. The van der Waals surface area contributed by atoms with Crippen LogP contribution in [0.3, 0.4) is 0 Å². The standard InChI is InChI=1S/C18H22N2O2/c1-3-4-10-22-16-7-5-6-14(11-16)18(21)20-15-9-8-13(2)17(19)12-15/h5-9,11-12H,3-4,10,19H2,1-2H3,(H,20,21). The topological polar surface area (TPSA) is 64.3 Å². The van der Waals surface area contributed by atoms with Crippen molar-refractivity contribution in [1.29, 1.82) is 0 Å². The minimum Gasteiger partial charge on any atom is -0.494 e. The summed E-state index contributed by atoms with van der Waals surface area (Å²) in [5, 5.41) is 2.85. The van der Waals surface area contributed by atoms with Crippen LogP contribution >= 0.6 is 0 Å². The second-order valence-electron chi connectivity index (χ2n) is 5.26. The molecule has 0 spiro atoms. The second-order valence-corrected chi connectivity index (χ2v) is 5.26. The van der Waals surface area contributed by atoms with Crippen LogP contribution in [0.5, 0.6) is 5.75 Å². The molecule has 0 fully saturated rings. The Bertz CT molecular complexity index is 653. The van der Waals surface area contributed by atoms with Gasteiger partial charge in [0.1, 0.15) is 5.75 Å². The molecule has 4 heteroatoms. The van der Waals surface area contributed by atoms with Gasteiger partial charge in [-0.15, -0.1) is 0 Å². The van der Waals surface area contributed by atoms with Gasteiger partial charge in [-0.05, 0) is 49.2 Å². The highest BCUT2D eigenvalue weighted by Gasteiger charge is 2.08. The van der Waals surface area contributed by atoms with E-state index in [2.05, 4.69) is 12.2 Å². The van der Waals surface area contributed by atoms with Crippen molar-refractivity contribution in [2.45, 2.75) is 26.7 Å². The molecule has 0 heterocycles. The summed E-state index contributed by atoms with van der Waals surface area (Å²) in [5.41, 5.74) is 8.76. The molecule has 0 aliphatic heterocycles. The Morgan fingerprint density at radius 2 is 2.05 bits per heavy atom. The second kappa shape index (κ2) is 7.50. The molecular weight excluding hydrogens is 276 g/mol. The number of carbonyl (C=O) groups excluding carboxylic acids is 1. The average Bonchev–Trinajstić information content (AvgIpc) is 2.51. The van der Waals surface area contributed by atoms with E-state index in [0.29, 0.717) is 29.3 Å². The van der Waals surface area contributed by atoms with Crippen LogP contribution in [0.4, 0.5) is 11.4 Å². The van der Waals surface area contributed by atoms with Crippen molar-refractivity contribution < 1.29 is 9.53 Å². The van der Waals surface area contributed by atoms with Crippen LogP contribution in [0, 0.1) is 6.92 Å². The first-order valence-corrected chi connectivity index (χ1v) is 7.50. The number of hydrogen-bond acceptors (Lipinski definition) is 3. The van der Waals surface area contributed by atoms with E-state index in [1.54, 1.807) is 18.2 Å². The van der Waals surface area contributed by atoms with Gasteiger partial charge < -0.3 is 15.8 Å². The Labute approximate surface area is 131 Å². The van der Waals surface area contributed by atoms with Crippen molar-refractivity contribution in [3.8, 4) is 5.75 Å². The fourth-order valence-electron chi connectivity index (χ4n) is 1.98. The smallest absolute Gasteiger partial charge is 0.255 e. The quantitative estimate of drug-likeness (QED) is 0.625. The van der Waals surface area contributed by atoms with Gasteiger partial charge in [0, 0.05) is 16.9 Å². The number of anilines is 2. The van der Waals surface area contributed by atoms with Crippen molar-refractivity contribution in [2.24, 2.45) is 0 Å². The van der Waals surface area contributed by atoms with Gasteiger partial charge in [0.15, 0.2) is 0 Å². The highest BCUT2D eigenvalue weighted by molar-refractivity contribution is 6.04. The molecule has 0 saturated heterocycles. The zero-order valence-corrected chi connectivity index (χ0v) is 13.1. The molecule has 0 saturated carbocycles. The molecule has 2 aromatic carbocycles. The number of unbranched alkanes of at least 4 members (excludes halogenated alkanes) is 1. The molecule has 0 bridgehead atoms. The van der Waals surface area contributed by atoms with E-state index in [9.17, 15) is 4.79 Å². The Morgan fingerprint density at radius 3 is 2.77 bits per heavy atom. The maximum atomic E-state index is 12.3. The highest BCUT2D eigenvalue weighted by atomic mass is 16.5. The number of hydrogen-bond donors (Lipinski definition) is 2. The van der Waals surface area contributed by atoms with Gasteiger partial charge in [-0.1, -0.05) is 25.5 Å². The van der Waals surface area contributed by atoms with Gasteiger partial charge >= 0.3 is 0 Å². The summed E-state index contributed by atoms with van der Waals surface area (Å²) in [6.45, 7) is 4.70. The third-order valence-corrected chi connectivity index (χ3v) is 3.40. The molecule has 0 aliphatic carbocycles. The lowest BCUT2D eigenvalue weighted by Gasteiger charge is -2.09. The molecule has 0 unspecified atom stereocenters. The predicted octanol–water partition coefficient (Wildman–Crippen LogP) is 4.01. The van der Waals surface area contributed by atoms with E-state index in [0.717, 1.165) is 18.4 Å². The fourth-order valence-corrected chi connectivity index (χ4v) is 1.98. The number of nitrogen functional groups attached to an aromatic ring is 1. The SMILES string of the molecule is CCCCOc1cccc(C(=O)Nc2ccc(C)c(N)c2)c1. The van der Waals surface area contributed by atoms with Gasteiger partial charge in [-0.2, -0.15) is 0 Å². The molecule has 0 aliphatic rings. The number of carbonyl (C=O) groups is 1. The Kier molecular flexibility index (Phi) is 5.42. The largest absolute Gasteiger partial charge is 0.494 e. The normalized spacial score (nSPS) is 10.3. The lowest BCUT2D eigenvalue weighted by atomic mass is 10.1. The summed E-state index contributed by atoms with van der Waals surface area (Å²) in [5.74, 6) is 0.536. The molecule has 22 heavy (non-hydrogen) atoms. The molecule has 2 aromatic rings. The van der Waals surface area contributed by atoms with Gasteiger partial charge in [0.2, 0.25) is 0 Å². The van der Waals surface area contributed by atoms with E-state index in [1.807, 2.05) is 31.2 Å². The first-order chi connectivity index (χ1) is 10.6. The minimum atomic E-state index is -0.177. The first kappa shape index (κ1) is 15.9. The number of amides is 1. The number of nitrogens with one attached hydrogen (secondary N) is 1. The van der Waals surface area contributed by atoms with E-state index >= 15 is 0 Å². The van der Waals surface area contributed by atoms with E-state index in [4.69, 9.17) is 10.5 Å². The van der Waals surface area contributed by atoms with Crippen LogP contribution in [-0.4, -0.2) is 12.5 Å². The van der Waals surface area contributed by atoms with E-state index in [1.165, 1.54) is 0 Å². The van der Waals surface area contributed by atoms with Crippen LogP contribution in [0.15, 0.2) is 42.5 Å². The van der Waals surface area contributed by atoms with Crippen LogP contribution in [0.1, 0.15) is 35.7 Å². The predicted molar refractivity (Wildman–Crippen MR) is 90.4 cm³/mol. The Morgan fingerprint density at radius 1 is 1.23 bits per heavy atom. The zero-order chi connectivity index (χ0) is 15.9. The van der Waals surface area contributed by atoms with Gasteiger partial charge in [0.25, 0.3) is 5.91 Å². The summed E-state index contributed by atoms with van der Waals surface area (Å²) >= 11 is 0. The summed E-state index contributed by atoms with van der Waals surface area (Å²) < 4.78 is 5.62. The number of nitrogens with two attached hydrogens (primary N) is 1. The van der Waals surface area contributed by atoms with Crippen molar-refractivity contribution in [1.82, 2.24) is 0 Å². The summed E-state index contributed by atoms with van der Waals surface area (Å²) in [7, 11) is 0. The molecule has 3 N–H and O–H groups in total. The van der Waals surface area contributed by atoms with Crippen molar-refractivity contribution in [3.05, 3.63) is 53.6 Å². The number of rotatable bonds is 6. The molecular formula is C18H22N2O2. The Balaban J connectivity index is 2.05. The van der Waals surface area contributed by atoms with Crippen molar-refractivity contribution in [2.75, 3.05) is 17.7 Å². The molecule has 0 radical (unpaired) electrons. The van der Waals surface area contributed by atoms with Crippen molar-refractivity contribution in [3.63, 3.8) is 0 Å². The van der Waals surface area contributed by atoms with E-state index in [-0.39, 0.29) is 5.91 Å². The van der Waals surface area contributed by atoms with Crippen molar-refractivity contribution >= 4 is 17.3 Å². The van der Waals surface area contributed by atoms with E-state index < -0.39 is 0 Å². The molecule has 0 aromatic heterocycles. The lowest BCUT2D eigenvalue weighted by Crippen LogP contribution is -2.12. The van der Waals surface area contributed by atoms with Crippen LogP contribution < -0.4 is 15.8 Å². The number of ether oxygens (including phenoxy) is 1. The lowest BCUT2D eigenvalue weighted by molar-refractivity contribution is 0.102. The minimum absolute atomic E-state index is 0.177. The van der Waals surface area contributed by atoms with Crippen LogP contribution in [-0.2, 0) is 0 Å². The molecule has 1 amide bonds. The number of aryl methyl sites for hydroxylation is 1. The zero-order valence-electron chi connectivity index (χ0n) is 13.1. The molecule has 2 rings (SSSR count). The maximum Gasteiger partial charge on any atom is 0.255 e. The average molecular weight is 298 g/mol. The summed E-state index contributed by atoms with van der Waals surface area (Å²) in [6.07, 6.45) is 2.08. The highest BCUT2D eigenvalue weighted by Crippen LogP contribution is 2.19.